The number of ether oxygens (including phenoxy) is 1. The third-order valence-corrected chi connectivity index (χ3v) is 5.36. The predicted molar refractivity (Wildman–Crippen MR) is 80.7 cm³/mol. The third-order valence-electron chi connectivity index (χ3n) is 5.36. The monoisotopic (exact) mass is 296 g/mol. The number of hydrogen-bond acceptors (Lipinski definition) is 4. The summed E-state index contributed by atoms with van der Waals surface area (Å²) in [6.07, 6.45) is 3.05. The van der Waals surface area contributed by atoms with Crippen LogP contribution in [-0.2, 0) is 14.3 Å². The highest BCUT2D eigenvalue weighted by Crippen LogP contribution is 2.43. The molecule has 3 unspecified atom stereocenters. The van der Waals surface area contributed by atoms with E-state index in [-0.39, 0.29) is 41.5 Å². The van der Waals surface area contributed by atoms with Gasteiger partial charge in [0.25, 0.3) is 0 Å². The first-order valence-corrected chi connectivity index (χ1v) is 8.01. The minimum atomic E-state index is -0.361. The number of carbonyl (C=O) groups is 2. The molecule has 0 radical (unpaired) electrons. The van der Waals surface area contributed by atoms with E-state index < -0.39 is 0 Å². The van der Waals surface area contributed by atoms with Crippen LogP contribution in [0.4, 0.5) is 0 Å². The molecular formula is C16H28N2O3. The minimum absolute atomic E-state index is 0.000408. The average Bonchev–Trinajstić information content (AvgIpc) is 2.72. The number of rotatable bonds is 6. The van der Waals surface area contributed by atoms with Crippen molar-refractivity contribution in [3.8, 4) is 0 Å². The first-order chi connectivity index (χ1) is 9.86. The number of methoxy groups -OCH3 is 1. The van der Waals surface area contributed by atoms with Gasteiger partial charge >= 0.3 is 0 Å². The quantitative estimate of drug-likeness (QED) is 0.758. The molecule has 1 aliphatic carbocycles. The van der Waals surface area contributed by atoms with Crippen LogP contribution in [0.15, 0.2) is 0 Å². The van der Waals surface area contributed by atoms with Gasteiger partial charge in [-0.1, -0.05) is 27.7 Å². The lowest BCUT2D eigenvalue weighted by molar-refractivity contribution is -0.142. The molecule has 1 saturated heterocycles. The number of imide groups is 1. The van der Waals surface area contributed by atoms with Crippen LogP contribution in [0.3, 0.4) is 0 Å². The molecule has 21 heavy (non-hydrogen) atoms. The van der Waals surface area contributed by atoms with E-state index in [9.17, 15) is 9.59 Å². The van der Waals surface area contributed by atoms with Crippen LogP contribution >= 0.6 is 0 Å². The molecule has 1 heterocycles. The Morgan fingerprint density at radius 1 is 1.33 bits per heavy atom. The smallest absolute Gasteiger partial charge is 0.247 e. The molecule has 0 aromatic rings. The molecule has 0 bridgehead atoms. The van der Waals surface area contributed by atoms with E-state index >= 15 is 0 Å². The molecule has 3 atom stereocenters. The second kappa shape index (κ2) is 6.05. The first-order valence-electron chi connectivity index (χ1n) is 8.01. The zero-order chi connectivity index (χ0) is 15.8. The van der Waals surface area contributed by atoms with E-state index in [1.165, 1.54) is 4.90 Å². The Bertz CT molecular complexity index is 418. The van der Waals surface area contributed by atoms with E-state index in [1.54, 1.807) is 7.11 Å². The van der Waals surface area contributed by atoms with Gasteiger partial charge in [0.2, 0.25) is 11.8 Å². The van der Waals surface area contributed by atoms with Crippen LogP contribution in [0.25, 0.3) is 0 Å². The molecule has 2 rings (SSSR count). The highest BCUT2D eigenvalue weighted by atomic mass is 16.5. The Balaban J connectivity index is 2.01. The van der Waals surface area contributed by atoms with Gasteiger partial charge < -0.3 is 10.1 Å². The number of nitrogens with one attached hydrogen (secondary N) is 1. The Kier molecular flexibility index (Phi) is 4.73. The summed E-state index contributed by atoms with van der Waals surface area (Å²) in [6.45, 7) is 8.33. The maximum absolute atomic E-state index is 12.5. The molecule has 0 aromatic carbocycles. The normalized spacial score (nSPS) is 31.9. The molecule has 5 heteroatoms. The van der Waals surface area contributed by atoms with Crippen LogP contribution in [0.5, 0.6) is 0 Å². The Morgan fingerprint density at radius 2 is 1.95 bits per heavy atom. The van der Waals surface area contributed by atoms with Crippen molar-refractivity contribution in [3.63, 3.8) is 0 Å². The fourth-order valence-corrected chi connectivity index (χ4v) is 3.63. The first kappa shape index (κ1) is 16.4. The lowest BCUT2D eigenvalue weighted by Gasteiger charge is -2.52. The molecule has 2 fully saturated rings. The Labute approximate surface area is 127 Å². The molecule has 2 aliphatic rings. The van der Waals surface area contributed by atoms with Gasteiger partial charge in [-0.15, -0.1) is 0 Å². The maximum Gasteiger partial charge on any atom is 0.247 e. The van der Waals surface area contributed by atoms with Gasteiger partial charge in [0.15, 0.2) is 0 Å². The Morgan fingerprint density at radius 3 is 2.43 bits per heavy atom. The summed E-state index contributed by atoms with van der Waals surface area (Å²) in [7, 11) is 1.72. The predicted octanol–water partition coefficient (Wildman–Crippen LogP) is 1.71. The zero-order valence-electron chi connectivity index (χ0n) is 13.8. The van der Waals surface area contributed by atoms with Crippen LogP contribution in [0.1, 0.15) is 53.4 Å². The van der Waals surface area contributed by atoms with E-state index in [0.29, 0.717) is 6.42 Å². The van der Waals surface area contributed by atoms with Crippen LogP contribution in [0.2, 0.25) is 0 Å². The summed E-state index contributed by atoms with van der Waals surface area (Å²) in [4.78, 5) is 26.2. The second-order valence-corrected chi connectivity index (χ2v) is 6.83. The molecule has 1 N–H and O–H groups in total. The molecule has 1 saturated carbocycles. The lowest BCUT2D eigenvalue weighted by atomic mass is 9.64. The summed E-state index contributed by atoms with van der Waals surface area (Å²) in [5.41, 5.74) is 0.000408. The number of hydrogen-bond donors (Lipinski definition) is 1. The minimum Gasteiger partial charge on any atom is -0.381 e. The second-order valence-electron chi connectivity index (χ2n) is 6.83. The molecule has 2 amide bonds. The molecule has 120 valence electrons. The zero-order valence-corrected chi connectivity index (χ0v) is 13.8. The van der Waals surface area contributed by atoms with Gasteiger partial charge in [-0.25, -0.2) is 0 Å². The van der Waals surface area contributed by atoms with E-state index in [2.05, 4.69) is 19.2 Å². The van der Waals surface area contributed by atoms with Gasteiger partial charge in [-0.2, -0.15) is 0 Å². The molecule has 0 spiro atoms. The van der Waals surface area contributed by atoms with Crippen molar-refractivity contribution in [1.82, 2.24) is 10.2 Å². The van der Waals surface area contributed by atoms with Gasteiger partial charge in [0.1, 0.15) is 0 Å². The van der Waals surface area contributed by atoms with Crippen molar-refractivity contribution in [2.45, 2.75) is 77.6 Å². The summed E-state index contributed by atoms with van der Waals surface area (Å²) in [5, 5.41) is 3.39. The topological polar surface area (TPSA) is 58.6 Å². The average molecular weight is 296 g/mol. The van der Waals surface area contributed by atoms with E-state index in [4.69, 9.17) is 4.74 Å². The summed E-state index contributed by atoms with van der Waals surface area (Å²) < 4.78 is 5.44. The number of nitrogens with zero attached hydrogens (tertiary/aromatic N) is 1. The van der Waals surface area contributed by atoms with Crippen LogP contribution < -0.4 is 5.32 Å². The largest absolute Gasteiger partial charge is 0.381 e. The van der Waals surface area contributed by atoms with Crippen LogP contribution in [-0.4, -0.2) is 48.1 Å². The lowest BCUT2D eigenvalue weighted by Crippen LogP contribution is -2.63. The Hall–Kier alpha value is -0.940. The van der Waals surface area contributed by atoms with Crippen molar-refractivity contribution in [1.29, 1.82) is 0 Å². The third kappa shape index (κ3) is 2.73. The van der Waals surface area contributed by atoms with Crippen molar-refractivity contribution in [2.75, 3.05) is 7.11 Å². The van der Waals surface area contributed by atoms with Crippen LogP contribution in [0, 0.1) is 5.41 Å². The SMILES string of the molecule is CCC(CC)N1C(=O)CC(NC2CC(OC)C2(C)C)C1=O. The van der Waals surface area contributed by atoms with Crippen molar-refractivity contribution in [3.05, 3.63) is 0 Å². The van der Waals surface area contributed by atoms with Gasteiger partial charge in [0, 0.05) is 24.6 Å². The number of likely N-dealkylation sites (tertiary alicyclic amines) is 1. The number of carbonyl (C=O) groups excluding carboxylic acids is 2. The van der Waals surface area contributed by atoms with E-state index in [0.717, 1.165) is 19.3 Å². The van der Waals surface area contributed by atoms with Crippen molar-refractivity contribution in [2.24, 2.45) is 5.41 Å². The fourth-order valence-electron chi connectivity index (χ4n) is 3.63. The highest BCUT2D eigenvalue weighted by Gasteiger charge is 2.51. The van der Waals surface area contributed by atoms with Crippen molar-refractivity contribution < 1.29 is 14.3 Å². The molecular weight excluding hydrogens is 268 g/mol. The summed E-state index contributed by atoms with van der Waals surface area (Å²) >= 11 is 0. The molecule has 0 aromatic heterocycles. The standard InChI is InChI=1S/C16H28N2O3/c1-6-10(7-2)18-14(19)8-11(15(18)20)17-12-9-13(21-5)16(12,3)4/h10-13,17H,6-9H2,1-5H3. The van der Waals surface area contributed by atoms with Crippen molar-refractivity contribution >= 4 is 11.8 Å². The molecule has 5 nitrogen and oxygen atoms in total. The maximum atomic E-state index is 12.5. The van der Waals surface area contributed by atoms with E-state index in [1.807, 2.05) is 13.8 Å². The van der Waals surface area contributed by atoms with Gasteiger partial charge in [-0.05, 0) is 19.3 Å². The van der Waals surface area contributed by atoms with Gasteiger partial charge in [0.05, 0.1) is 18.6 Å². The highest BCUT2D eigenvalue weighted by molar-refractivity contribution is 6.05. The van der Waals surface area contributed by atoms with Gasteiger partial charge in [-0.3, -0.25) is 14.5 Å². The number of amides is 2. The molecule has 1 aliphatic heterocycles. The summed E-state index contributed by atoms with van der Waals surface area (Å²) in [5.74, 6) is -0.0861. The summed E-state index contributed by atoms with van der Waals surface area (Å²) in [6, 6.07) is -0.0936. The fraction of sp³-hybridized carbons (Fsp3) is 0.875.